The van der Waals surface area contributed by atoms with Crippen LogP contribution < -0.4 is 40.4 Å². The third kappa shape index (κ3) is 4.59. The summed E-state index contributed by atoms with van der Waals surface area (Å²) < 4.78 is 20.7. The van der Waals surface area contributed by atoms with Gasteiger partial charge in [-0.15, -0.1) is 0 Å². The van der Waals surface area contributed by atoms with E-state index in [1.165, 1.54) is 0 Å². The minimum atomic E-state index is -4.77. The van der Waals surface area contributed by atoms with Crippen LogP contribution in [0.15, 0.2) is 17.1 Å². The molecule has 1 fully saturated rings. The monoisotopic (exact) mass is 346 g/mol. The topological polar surface area (TPSA) is 174 Å². The van der Waals surface area contributed by atoms with Crippen molar-refractivity contribution in [2.75, 3.05) is 6.61 Å². The molecular formula is C9H12N2NaO9P. The first kappa shape index (κ1) is 19.7. The van der Waals surface area contributed by atoms with Crippen molar-refractivity contribution in [2.45, 2.75) is 24.5 Å². The Hall–Kier alpha value is -0.330. The number of aliphatic hydroxyl groups is 2. The van der Waals surface area contributed by atoms with Gasteiger partial charge >= 0.3 is 43.1 Å². The number of rotatable bonds is 4. The van der Waals surface area contributed by atoms with E-state index in [4.69, 9.17) is 14.5 Å². The molecule has 0 saturated carbocycles. The van der Waals surface area contributed by atoms with Crippen LogP contribution in [-0.4, -0.2) is 54.5 Å². The standard InChI is InChI=1S/C9H13N2O9P.Na/c12-5-1-2-11(9(15)10-5)8-7(14)6(13)4(20-8)3-19-21(16,17)18;/h1-2,4,6-8,13-14H,3H2,(H,10,12,15)(H2,16,17,18);/q;+1/p-1/t4-,6-,7-,8-;/m1./s1. The van der Waals surface area contributed by atoms with Crippen LogP contribution in [0.4, 0.5) is 0 Å². The smallest absolute Gasteiger partial charge is 0.858 e. The summed E-state index contributed by atoms with van der Waals surface area (Å²) in [5.74, 6) is -0.773. The van der Waals surface area contributed by atoms with Gasteiger partial charge in [0, 0.05) is 6.20 Å². The van der Waals surface area contributed by atoms with Crippen LogP contribution in [0, 0.1) is 0 Å². The average Bonchev–Trinajstić information content (AvgIpc) is 2.64. The fourth-order valence-electron chi connectivity index (χ4n) is 1.86. The molecule has 4 N–H and O–H groups in total. The van der Waals surface area contributed by atoms with Crippen LogP contribution in [0.25, 0.3) is 0 Å². The minimum Gasteiger partial charge on any atom is -0.858 e. The fourth-order valence-corrected chi connectivity index (χ4v) is 2.20. The molecule has 11 nitrogen and oxygen atoms in total. The molecule has 1 aromatic heterocycles. The molecule has 0 aliphatic carbocycles. The zero-order valence-electron chi connectivity index (χ0n) is 11.3. The molecule has 1 aromatic rings. The first-order valence-corrected chi connectivity index (χ1v) is 7.20. The van der Waals surface area contributed by atoms with Gasteiger partial charge in [-0.1, -0.05) is 0 Å². The van der Waals surface area contributed by atoms with Gasteiger partial charge in [0.05, 0.1) is 6.61 Å². The van der Waals surface area contributed by atoms with Gasteiger partial charge in [-0.05, 0) is 11.9 Å². The molecule has 2 heterocycles. The predicted molar refractivity (Wildman–Crippen MR) is 61.9 cm³/mol. The Balaban J connectivity index is 0.00000242. The Morgan fingerprint density at radius 3 is 2.59 bits per heavy atom. The van der Waals surface area contributed by atoms with E-state index in [9.17, 15) is 24.7 Å². The van der Waals surface area contributed by atoms with Crippen LogP contribution in [0.2, 0.25) is 0 Å². The van der Waals surface area contributed by atoms with Gasteiger partial charge in [0.1, 0.15) is 18.3 Å². The number of aromatic nitrogens is 2. The van der Waals surface area contributed by atoms with E-state index in [0.29, 0.717) is 0 Å². The number of hydrogen-bond donors (Lipinski definition) is 4. The second-order valence-corrected chi connectivity index (χ2v) is 5.53. The Morgan fingerprint density at radius 1 is 1.41 bits per heavy atom. The van der Waals surface area contributed by atoms with Gasteiger partial charge in [0.15, 0.2) is 6.23 Å². The summed E-state index contributed by atoms with van der Waals surface area (Å²) in [5.41, 5.74) is -0.990. The first-order valence-electron chi connectivity index (χ1n) is 5.67. The largest absolute Gasteiger partial charge is 1.00 e. The van der Waals surface area contributed by atoms with Gasteiger partial charge in [0.2, 0.25) is 0 Å². The van der Waals surface area contributed by atoms with Gasteiger partial charge in [-0.2, -0.15) is 0 Å². The van der Waals surface area contributed by atoms with E-state index in [-0.39, 0.29) is 29.6 Å². The van der Waals surface area contributed by atoms with Crippen LogP contribution >= 0.6 is 7.82 Å². The maximum atomic E-state index is 11.5. The molecule has 1 saturated heterocycles. The van der Waals surface area contributed by atoms with Crippen molar-refractivity contribution >= 4 is 7.82 Å². The summed E-state index contributed by atoms with van der Waals surface area (Å²) in [6, 6.07) is 0.962. The number of ether oxygens (including phenoxy) is 1. The summed E-state index contributed by atoms with van der Waals surface area (Å²) in [6.07, 6.45) is -4.69. The van der Waals surface area contributed by atoms with Crippen molar-refractivity contribution in [1.82, 2.24) is 9.55 Å². The van der Waals surface area contributed by atoms with Gasteiger partial charge < -0.3 is 29.8 Å². The second kappa shape index (κ2) is 7.49. The number of hydrogen-bond acceptors (Lipinski definition) is 8. The van der Waals surface area contributed by atoms with Crippen LogP contribution in [0.5, 0.6) is 5.88 Å². The van der Waals surface area contributed by atoms with Gasteiger partial charge in [0.25, 0.3) is 0 Å². The van der Waals surface area contributed by atoms with Crippen LogP contribution in [0.3, 0.4) is 0 Å². The Morgan fingerprint density at radius 2 is 2.05 bits per heavy atom. The predicted octanol–water partition coefficient (Wildman–Crippen LogP) is -5.95. The Kier molecular flexibility index (Phi) is 6.72. The van der Waals surface area contributed by atoms with Crippen molar-refractivity contribution in [1.29, 1.82) is 0 Å². The van der Waals surface area contributed by atoms with Crippen LogP contribution in [-0.2, 0) is 13.8 Å². The third-order valence-corrected chi connectivity index (χ3v) is 3.31. The van der Waals surface area contributed by atoms with E-state index in [0.717, 1.165) is 16.8 Å². The maximum absolute atomic E-state index is 11.5. The molecule has 0 radical (unpaired) electrons. The first-order chi connectivity index (χ1) is 9.69. The second-order valence-electron chi connectivity index (χ2n) is 4.29. The molecule has 0 amide bonds. The summed E-state index contributed by atoms with van der Waals surface area (Å²) in [6.45, 7) is -0.694. The molecule has 0 aromatic carbocycles. The molecule has 2 rings (SSSR count). The van der Waals surface area contributed by atoms with Crippen LogP contribution in [0.1, 0.15) is 6.23 Å². The number of phosphoric ester groups is 1. The maximum Gasteiger partial charge on any atom is 1.00 e. The zero-order chi connectivity index (χ0) is 15.8. The summed E-state index contributed by atoms with van der Waals surface area (Å²) in [4.78, 5) is 31.8. The van der Waals surface area contributed by atoms with E-state index in [2.05, 4.69) is 9.51 Å². The molecule has 0 spiro atoms. The van der Waals surface area contributed by atoms with Gasteiger partial charge in [-0.3, -0.25) is 9.09 Å². The molecule has 0 bridgehead atoms. The zero-order valence-corrected chi connectivity index (χ0v) is 14.2. The number of phosphoric acid groups is 1. The molecule has 1 aliphatic heterocycles. The van der Waals surface area contributed by atoms with Crippen molar-refractivity contribution < 1.29 is 68.5 Å². The van der Waals surface area contributed by atoms with E-state index in [1.54, 1.807) is 0 Å². The quantitative estimate of drug-likeness (QED) is 0.303. The Bertz CT molecular complexity index is 619. The Labute approximate surface area is 145 Å². The molecule has 22 heavy (non-hydrogen) atoms. The third-order valence-electron chi connectivity index (χ3n) is 2.82. The molecule has 13 heteroatoms. The van der Waals surface area contributed by atoms with E-state index in [1.807, 2.05) is 0 Å². The van der Waals surface area contributed by atoms with Gasteiger partial charge in [-0.25, -0.2) is 14.3 Å². The number of nitrogens with zero attached hydrogens (tertiary/aromatic N) is 2. The molecule has 1 aliphatic rings. The molecule has 118 valence electrons. The molecular weight excluding hydrogens is 334 g/mol. The average molecular weight is 346 g/mol. The summed E-state index contributed by atoms with van der Waals surface area (Å²) >= 11 is 0. The normalized spacial score (nSPS) is 28.4. The molecule has 0 unspecified atom stereocenters. The SMILES string of the molecule is O=c1nc([O-])ccn1[C@@H]1O[C@H](COP(=O)(O)O)[C@@H](O)[C@H]1O.[Na+]. The molecule has 4 atom stereocenters. The van der Waals surface area contributed by atoms with Crippen molar-refractivity contribution in [3.8, 4) is 5.88 Å². The van der Waals surface area contributed by atoms with Crippen molar-refractivity contribution in [3.63, 3.8) is 0 Å². The van der Waals surface area contributed by atoms with E-state index < -0.39 is 50.5 Å². The number of aliphatic hydroxyl groups excluding tert-OH is 2. The summed E-state index contributed by atoms with van der Waals surface area (Å²) in [7, 11) is -4.77. The van der Waals surface area contributed by atoms with Crippen molar-refractivity contribution in [2.24, 2.45) is 0 Å². The minimum absolute atomic E-state index is 0. The fraction of sp³-hybridized carbons (Fsp3) is 0.556. The summed E-state index contributed by atoms with van der Waals surface area (Å²) in [5, 5.41) is 30.4. The van der Waals surface area contributed by atoms with E-state index >= 15 is 0 Å². The van der Waals surface area contributed by atoms with Crippen molar-refractivity contribution in [3.05, 3.63) is 22.7 Å².